The predicted molar refractivity (Wildman–Crippen MR) is 65.6 cm³/mol. The summed E-state index contributed by atoms with van der Waals surface area (Å²) in [5, 5.41) is 12.2. The highest BCUT2D eigenvalue weighted by atomic mass is 15.3. The zero-order chi connectivity index (χ0) is 12.5. The van der Waals surface area contributed by atoms with Gasteiger partial charge in [0, 0.05) is 6.20 Å². The van der Waals surface area contributed by atoms with Crippen molar-refractivity contribution in [2.75, 3.05) is 5.73 Å². The summed E-state index contributed by atoms with van der Waals surface area (Å²) in [4.78, 5) is 8.42. The van der Waals surface area contributed by atoms with E-state index in [1.54, 1.807) is 17.1 Å². The minimum atomic E-state index is -0.0766. The van der Waals surface area contributed by atoms with Crippen molar-refractivity contribution in [1.82, 2.24) is 29.9 Å². The summed E-state index contributed by atoms with van der Waals surface area (Å²) in [6.07, 6.45) is 4.81. The van der Waals surface area contributed by atoms with Gasteiger partial charge in [0.15, 0.2) is 5.65 Å². The van der Waals surface area contributed by atoms with E-state index in [2.05, 4.69) is 25.3 Å². The monoisotopic (exact) mass is 241 g/mol. The molecule has 7 heteroatoms. The molecule has 90 valence electrons. The Labute approximate surface area is 103 Å². The molecule has 0 spiro atoms. The Hall–Kier alpha value is -2.57. The predicted octanol–water partition coefficient (Wildman–Crippen LogP) is 0.808. The molecule has 2 N–H and O–H groups in total. The smallest absolute Gasteiger partial charge is 0.179 e. The molecule has 0 radical (unpaired) electrons. The van der Waals surface area contributed by atoms with Gasteiger partial charge in [-0.25, -0.2) is 14.6 Å². The van der Waals surface area contributed by atoms with Crippen LogP contribution in [0.2, 0.25) is 0 Å². The molecular weight excluding hydrogens is 230 g/mol. The van der Waals surface area contributed by atoms with Crippen molar-refractivity contribution < 1.29 is 0 Å². The average Bonchev–Trinajstić information content (AvgIpc) is 2.82. The molecule has 0 amide bonds. The zero-order valence-electron chi connectivity index (χ0n) is 9.72. The lowest BCUT2D eigenvalue weighted by Gasteiger charge is -2.11. The standard InChI is InChI=1S/C11H11N7/c1-7(8-3-2-4-14-17-8)18-11-9(5-15-18)13-6-10(12)16-11/h2-7H,1H3,(H2,12,16). The van der Waals surface area contributed by atoms with E-state index < -0.39 is 0 Å². The molecule has 0 fully saturated rings. The van der Waals surface area contributed by atoms with Crippen LogP contribution in [0, 0.1) is 0 Å². The largest absolute Gasteiger partial charge is 0.382 e. The molecule has 1 atom stereocenters. The van der Waals surface area contributed by atoms with Crippen LogP contribution >= 0.6 is 0 Å². The number of aromatic nitrogens is 6. The number of hydrogen-bond acceptors (Lipinski definition) is 6. The van der Waals surface area contributed by atoms with Crippen molar-refractivity contribution >= 4 is 17.0 Å². The fourth-order valence-electron chi connectivity index (χ4n) is 1.78. The minimum Gasteiger partial charge on any atom is -0.382 e. The third-order valence-corrected chi connectivity index (χ3v) is 2.71. The Morgan fingerprint density at radius 1 is 1.33 bits per heavy atom. The van der Waals surface area contributed by atoms with Crippen molar-refractivity contribution in [1.29, 1.82) is 0 Å². The molecule has 1 unspecified atom stereocenters. The molecule has 3 rings (SSSR count). The second-order valence-corrected chi connectivity index (χ2v) is 3.92. The molecule has 0 saturated carbocycles. The van der Waals surface area contributed by atoms with Gasteiger partial charge >= 0.3 is 0 Å². The summed E-state index contributed by atoms with van der Waals surface area (Å²) in [6, 6.07) is 3.66. The molecule has 0 aromatic carbocycles. The number of nitrogens with zero attached hydrogens (tertiary/aromatic N) is 6. The van der Waals surface area contributed by atoms with Gasteiger partial charge in [-0.2, -0.15) is 15.3 Å². The highest BCUT2D eigenvalue weighted by molar-refractivity contribution is 5.70. The lowest BCUT2D eigenvalue weighted by atomic mass is 10.2. The van der Waals surface area contributed by atoms with Crippen LogP contribution in [0.1, 0.15) is 18.7 Å². The topological polar surface area (TPSA) is 95.4 Å². The SMILES string of the molecule is CC(c1cccnn1)n1ncc2ncc(N)nc21. The maximum absolute atomic E-state index is 5.65. The highest BCUT2D eigenvalue weighted by Crippen LogP contribution is 2.19. The molecule has 0 saturated heterocycles. The van der Waals surface area contributed by atoms with E-state index in [1.807, 2.05) is 19.1 Å². The first-order valence-electron chi connectivity index (χ1n) is 5.49. The van der Waals surface area contributed by atoms with E-state index >= 15 is 0 Å². The minimum absolute atomic E-state index is 0.0766. The third-order valence-electron chi connectivity index (χ3n) is 2.71. The summed E-state index contributed by atoms with van der Waals surface area (Å²) >= 11 is 0. The van der Waals surface area contributed by atoms with Crippen LogP contribution in [-0.2, 0) is 0 Å². The van der Waals surface area contributed by atoms with Crippen molar-refractivity contribution in [2.45, 2.75) is 13.0 Å². The van der Waals surface area contributed by atoms with Gasteiger partial charge in [-0.15, -0.1) is 0 Å². The first-order valence-corrected chi connectivity index (χ1v) is 5.49. The van der Waals surface area contributed by atoms with E-state index in [0.29, 0.717) is 17.0 Å². The second kappa shape index (κ2) is 4.02. The van der Waals surface area contributed by atoms with E-state index in [9.17, 15) is 0 Å². The van der Waals surface area contributed by atoms with Crippen LogP contribution in [-0.4, -0.2) is 29.9 Å². The summed E-state index contributed by atoms with van der Waals surface area (Å²) < 4.78 is 1.74. The normalized spacial score (nSPS) is 12.7. The molecule has 3 heterocycles. The van der Waals surface area contributed by atoms with Gasteiger partial charge in [-0.3, -0.25) is 0 Å². The summed E-state index contributed by atoms with van der Waals surface area (Å²) in [6.45, 7) is 1.97. The van der Waals surface area contributed by atoms with Crippen LogP contribution in [0.3, 0.4) is 0 Å². The second-order valence-electron chi connectivity index (χ2n) is 3.92. The molecule has 7 nitrogen and oxygen atoms in total. The fraction of sp³-hybridized carbons (Fsp3) is 0.182. The molecule has 0 aliphatic carbocycles. The zero-order valence-corrected chi connectivity index (χ0v) is 9.72. The molecular formula is C11H11N7. The maximum Gasteiger partial charge on any atom is 0.179 e. The van der Waals surface area contributed by atoms with Crippen LogP contribution < -0.4 is 5.73 Å². The highest BCUT2D eigenvalue weighted by Gasteiger charge is 2.15. The van der Waals surface area contributed by atoms with Crippen LogP contribution in [0.25, 0.3) is 11.2 Å². The Balaban J connectivity index is 2.12. The first kappa shape index (κ1) is 10.6. The number of anilines is 1. The van der Waals surface area contributed by atoms with Crippen LogP contribution in [0.4, 0.5) is 5.82 Å². The number of nitrogens with two attached hydrogens (primary N) is 1. The Morgan fingerprint density at radius 3 is 3.00 bits per heavy atom. The summed E-state index contributed by atoms with van der Waals surface area (Å²) in [7, 11) is 0. The first-order chi connectivity index (χ1) is 8.75. The lowest BCUT2D eigenvalue weighted by molar-refractivity contribution is 0.558. The molecule has 3 aromatic heterocycles. The molecule has 0 aliphatic heterocycles. The van der Waals surface area contributed by atoms with Gasteiger partial charge in [-0.1, -0.05) is 0 Å². The van der Waals surface area contributed by atoms with E-state index in [4.69, 9.17) is 5.73 Å². The fourth-order valence-corrected chi connectivity index (χ4v) is 1.78. The molecule has 0 bridgehead atoms. The van der Waals surface area contributed by atoms with Gasteiger partial charge in [0.2, 0.25) is 0 Å². The summed E-state index contributed by atoms with van der Waals surface area (Å²) in [5.41, 5.74) is 7.81. The Bertz CT molecular complexity index is 676. The van der Waals surface area contributed by atoms with E-state index in [-0.39, 0.29) is 6.04 Å². The number of nitrogen functional groups attached to an aromatic ring is 1. The van der Waals surface area contributed by atoms with Crippen molar-refractivity contribution in [2.24, 2.45) is 0 Å². The molecule has 3 aromatic rings. The maximum atomic E-state index is 5.65. The van der Waals surface area contributed by atoms with Gasteiger partial charge in [0.25, 0.3) is 0 Å². The van der Waals surface area contributed by atoms with Crippen LogP contribution in [0.15, 0.2) is 30.7 Å². The van der Waals surface area contributed by atoms with Gasteiger partial charge in [0.05, 0.1) is 24.1 Å². The summed E-state index contributed by atoms with van der Waals surface area (Å²) in [5.74, 6) is 0.371. The lowest BCUT2D eigenvalue weighted by Crippen LogP contribution is -2.11. The van der Waals surface area contributed by atoms with Crippen molar-refractivity contribution in [3.05, 3.63) is 36.4 Å². The van der Waals surface area contributed by atoms with Gasteiger partial charge < -0.3 is 5.73 Å². The number of rotatable bonds is 2. The quantitative estimate of drug-likeness (QED) is 0.713. The van der Waals surface area contributed by atoms with Gasteiger partial charge in [-0.05, 0) is 19.1 Å². The van der Waals surface area contributed by atoms with Crippen molar-refractivity contribution in [3.8, 4) is 0 Å². The molecule has 0 aliphatic rings. The van der Waals surface area contributed by atoms with Crippen molar-refractivity contribution in [3.63, 3.8) is 0 Å². The molecule has 18 heavy (non-hydrogen) atoms. The third kappa shape index (κ3) is 1.65. The number of hydrogen-bond donors (Lipinski definition) is 1. The average molecular weight is 241 g/mol. The van der Waals surface area contributed by atoms with E-state index in [0.717, 1.165) is 5.69 Å². The Morgan fingerprint density at radius 2 is 2.22 bits per heavy atom. The van der Waals surface area contributed by atoms with Gasteiger partial charge in [0.1, 0.15) is 11.3 Å². The van der Waals surface area contributed by atoms with Crippen LogP contribution in [0.5, 0.6) is 0 Å². The Kier molecular flexibility index (Phi) is 2.36. The number of fused-ring (bicyclic) bond motifs is 1. The van der Waals surface area contributed by atoms with E-state index in [1.165, 1.54) is 6.20 Å².